The van der Waals surface area contributed by atoms with Gasteiger partial charge >= 0.3 is 158 Å². The van der Waals surface area contributed by atoms with Gasteiger partial charge in [-0.3, -0.25) is 0 Å². The molecule has 0 saturated heterocycles. The molecule has 0 radical (unpaired) electrons. The minimum atomic E-state index is -1.90. The van der Waals surface area contributed by atoms with Gasteiger partial charge in [0.1, 0.15) is 0 Å². The molecule has 2 rings (SSSR count). The van der Waals surface area contributed by atoms with Crippen LogP contribution < -0.4 is 24.8 Å². The summed E-state index contributed by atoms with van der Waals surface area (Å²) in [5, 5.41) is 0. The zero-order valence-corrected chi connectivity index (χ0v) is 22.2. The summed E-state index contributed by atoms with van der Waals surface area (Å²) in [6, 6.07) is 0. The molecular formula is C23H36Cl2Zr. The van der Waals surface area contributed by atoms with Gasteiger partial charge in [0, 0.05) is 0 Å². The van der Waals surface area contributed by atoms with Crippen LogP contribution in [-0.4, -0.2) is 3.21 Å². The van der Waals surface area contributed by atoms with E-state index in [1.165, 1.54) is 6.42 Å². The molecule has 0 fully saturated rings. The molecule has 0 heterocycles. The van der Waals surface area contributed by atoms with Crippen molar-refractivity contribution in [2.75, 3.05) is 0 Å². The Hall–Kier alpha value is 0.293. The molecule has 2 aliphatic rings. The predicted molar refractivity (Wildman–Crippen MR) is 106 cm³/mol. The van der Waals surface area contributed by atoms with Crippen molar-refractivity contribution in [3.63, 3.8) is 0 Å². The van der Waals surface area contributed by atoms with Gasteiger partial charge in [0.25, 0.3) is 0 Å². The van der Waals surface area contributed by atoms with Crippen LogP contribution in [0.25, 0.3) is 0 Å². The van der Waals surface area contributed by atoms with Crippen LogP contribution in [0.5, 0.6) is 0 Å². The summed E-state index contributed by atoms with van der Waals surface area (Å²) in [5.41, 5.74) is 5.31. The van der Waals surface area contributed by atoms with Crippen LogP contribution in [0.2, 0.25) is 0 Å². The maximum absolute atomic E-state index is 2.59. The average molecular weight is 475 g/mol. The van der Waals surface area contributed by atoms with Crippen molar-refractivity contribution < 1.29 is 46.1 Å². The van der Waals surface area contributed by atoms with E-state index >= 15 is 0 Å². The molecule has 0 nitrogen and oxygen atoms in total. The number of halogens is 2. The molecule has 146 valence electrons. The molecule has 3 heteroatoms. The maximum Gasteiger partial charge on any atom is -1.00 e. The largest absolute Gasteiger partial charge is 1.00 e. The van der Waals surface area contributed by atoms with E-state index in [-0.39, 0.29) is 30.2 Å². The van der Waals surface area contributed by atoms with Crippen LogP contribution in [0.3, 0.4) is 0 Å². The standard InChI is InChI=1S/2C10H15.C3H6.2ClH.Zr/c2*1-8-5-6-9(7-8)10(2,3)4;1-3-2;;;/h7H,6H2,1-4H3;6-8H,1-4H3;1-2H3;2*1H;/q;;;;;+2/p-2. The van der Waals surface area contributed by atoms with Gasteiger partial charge in [-0.1, -0.05) is 0 Å². The molecule has 0 spiro atoms. The number of hydrogen-bond acceptors (Lipinski definition) is 0. The fourth-order valence-corrected chi connectivity index (χ4v) is 11.6. The van der Waals surface area contributed by atoms with Crippen molar-refractivity contribution in [1.29, 1.82) is 0 Å². The van der Waals surface area contributed by atoms with Crippen molar-refractivity contribution in [3.8, 4) is 0 Å². The van der Waals surface area contributed by atoms with E-state index in [9.17, 15) is 0 Å². The number of hydrogen-bond donors (Lipinski definition) is 0. The fourth-order valence-electron chi connectivity index (χ4n) is 3.73. The summed E-state index contributed by atoms with van der Waals surface area (Å²) < 4.78 is 5.33. The fraction of sp³-hybridized carbons (Fsp3) is 0.609. The van der Waals surface area contributed by atoms with Crippen LogP contribution in [-0.2, 0) is 21.3 Å². The first-order valence-corrected chi connectivity index (χ1v) is 13.0. The first kappa shape index (κ1) is 26.3. The van der Waals surface area contributed by atoms with Crippen LogP contribution in [0, 0.1) is 16.7 Å². The van der Waals surface area contributed by atoms with Crippen LogP contribution in [0.1, 0.15) is 75.7 Å². The van der Waals surface area contributed by atoms with E-state index in [1.54, 1.807) is 23.2 Å². The Morgan fingerprint density at radius 2 is 1.50 bits per heavy atom. The molecule has 0 aromatic rings. The molecule has 1 unspecified atom stereocenters. The van der Waals surface area contributed by atoms with Crippen LogP contribution >= 0.6 is 0 Å². The summed E-state index contributed by atoms with van der Waals surface area (Å²) >= 11 is -1.90. The van der Waals surface area contributed by atoms with E-state index in [4.69, 9.17) is 0 Å². The van der Waals surface area contributed by atoms with E-state index in [2.05, 4.69) is 87.5 Å². The molecule has 0 amide bonds. The van der Waals surface area contributed by atoms with Crippen molar-refractivity contribution in [2.24, 2.45) is 16.7 Å². The molecule has 26 heavy (non-hydrogen) atoms. The summed E-state index contributed by atoms with van der Waals surface area (Å²) in [7, 11) is 0. The summed E-state index contributed by atoms with van der Waals surface area (Å²) in [6.45, 7) is 23.7. The molecule has 0 bridgehead atoms. The smallest absolute Gasteiger partial charge is 1.00 e. The monoisotopic (exact) mass is 472 g/mol. The minimum Gasteiger partial charge on any atom is -1.00 e. The van der Waals surface area contributed by atoms with E-state index in [0.29, 0.717) is 11.3 Å². The van der Waals surface area contributed by atoms with Crippen LogP contribution in [0.4, 0.5) is 0 Å². The topological polar surface area (TPSA) is 0 Å². The Labute approximate surface area is 182 Å². The third-order valence-corrected chi connectivity index (χ3v) is 13.6. The normalized spacial score (nSPS) is 19.7. The summed E-state index contributed by atoms with van der Waals surface area (Å²) in [4.78, 5) is 0. The van der Waals surface area contributed by atoms with Gasteiger partial charge in [-0.05, 0) is 0 Å². The Bertz CT molecular complexity index is 697. The van der Waals surface area contributed by atoms with Crippen molar-refractivity contribution >= 4 is 3.21 Å². The second kappa shape index (κ2) is 9.19. The zero-order valence-electron chi connectivity index (χ0n) is 18.3. The molecule has 0 saturated carbocycles. The summed E-state index contributed by atoms with van der Waals surface area (Å²) in [5.74, 6) is 0.627. The molecule has 1 atom stereocenters. The Balaban J connectivity index is 0.00000312. The predicted octanol–water partition coefficient (Wildman–Crippen LogP) is 0.981. The van der Waals surface area contributed by atoms with Gasteiger partial charge in [0.2, 0.25) is 0 Å². The molecule has 0 aromatic heterocycles. The first-order chi connectivity index (χ1) is 10.8. The van der Waals surface area contributed by atoms with Gasteiger partial charge in [0.05, 0.1) is 0 Å². The molecule has 0 aromatic carbocycles. The van der Waals surface area contributed by atoms with Crippen molar-refractivity contribution in [3.05, 3.63) is 41.5 Å². The third kappa shape index (κ3) is 5.65. The van der Waals surface area contributed by atoms with Gasteiger partial charge in [0.15, 0.2) is 0 Å². The number of allylic oxidation sites excluding steroid dienone is 8. The Kier molecular flexibility index (Phi) is 9.30. The summed E-state index contributed by atoms with van der Waals surface area (Å²) in [6.07, 6.45) is 8.84. The average Bonchev–Trinajstić information content (AvgIpc) is 2.94. The van der Waals surface area contributed by atoms with E-state index in [0.717, 1.165) is 0 Å². The Morgan fingerprint density at radius 1 is 0.962 bits per heavy atom. The van der Waals surface area contributed by atoms with Gasteiger partial charge < -0.3 is 24.8 Å². The minimum absolute atomic E-state index is 0. The van der Waals surface area contributed by atoms with E-state index in [1.807, 2.05) is 3.28 Å². The zero-order chi connectivity index (χ0) is 18.4. The van der Waals surface area contributed by atoms with Gasteiger partial charge in [-0.15, -0.1) is 0 Å². The third-order valence-electron chi connectivity index (χ3n) is 5.38. The molecule has 2 aliphatic carbocycles. The number of rotatable bonds is 2. The molecule has 0 aliphatic heterocycles. The van der Waals surface area contributed by atoms with Crippen LogP contribution in [0.15, 0.2) is 41.5 Å². The van der Waals surface area contributed by atoms with Gasteiger partial charge in [-0.25, -0.2) is 0 Å². The van der Waals surface area contributed by atoms with E-state index < -0.39 is 21.3 Å². The Morgan fingerprint density at radius 3 is 1.85 bits per heavy atom. The second-order valence-electron chi connectivity index (χ2n) is 9.89. The second-order valence-corrected chi connectivity index (χ2v) is 17.1. The van der Waals surface area contributed by atoms with Crippen molar-refractivity contribution in [1.82, 2.24) is 0 Å². The van der Waals surface area contributed by atoms with Crippen molar-refractivity contribution in [2.45, 2.75) is 75.7 Å². The quantitative estimate of drug-likeness (QED) is 0.560. The first-order valence-electron chi connectivity index (χ1n) is 9.35. The SMILES string of the molecule is CC1=[C]([Zr+2]([C]2=CC(C(C)(C)C)=CC2C)=[C](C)C)CC(C(C)(C)C)=C1.[Cl-].[Cl-]. The molecular weight excluding hydrogens is 438 g/mol. The van der Waals surface area contributed by atoms with Gasteiger partial charge in [-0.2, -0.15) is 0 Å². The molecule has 0 N–H and O–H groups in total. The maximum atomic E-state index is 2.59.